The van der Waals surface area contributed by atoms with Gasteiger partial charge in [0.1, 0.15) is 0 Å². The van der Waals surface area contributed by atoms with Crippen LogP contribution in [0.25, 0.3) is 0 Å². The fourth-order valence-corrected chi connectivity index (χ4v) is 14.5. The SMILES string of the molecule is CC1=C(C)C([Si](c2cc(N(C)C)cc(C)c2C)(c2cc(N(C)C)cc(C)c2C)c2cc(N(C)C)cc(C)c2C)C(C)=C1C. The number of rotatable bonds is 7. The molecular weight excluding hydrogens is 539 g/mol. The van der Waals surface area contributed by atoms with Gasteiger partial charge in [0.05, 0.1) is 0 Å². The van der Waals surface area contributed by atoms with E-state index in [0.717, 1.165) is 0 Å². The fourth-order valence-electron chi connectivity index (χ4n) is 7.42. The van der Waals surface area contributed by atoms with Gasteiger partial charge in [-0.15, -0.1) is 0 Å². The fraction of sp³-hybridized carbons (Fsp3) is 0.436. The van der Waals surface area contributed by atoms with Crippen LogP contribution >= 0.6 is 0 Å². The third-order valence-electron chi connectivity index (χ3n) is 10.8. The molecule has 0 radical (unpaired) electrons. The Hall–Kier alpha value is -3.24. The van der Waals surface area contributed by atoms with E-state index in [2.05, 4.69) is 163 Å². The summed E-state index contributed by atoms with van der Waals surface area (Å²) in [6.07, 6.45) is 0. The highest BCUT2D eigenvalue weighted by atomic mass is 28.3. The number of allylic oxidation sites excluding steroid dienone is 4. The Bertz CT molecular complexity index is 1470. The Kier molecular flexibility index (Phi) is 8.88. The van der Waals surface area contributed by atoms with Gasteiger partial charge in [-0.3, -0.25) is 0 Å². The molecule has 0 saturated heterocycles. The molecule has 0 heterocycles. The van der Waals surface area contributed by atoms with Crippen LogP contribution in [-0.4, -0.2) is 50.4 Å². The molecule has 0 bridgehead atoms. The van der Waals surface area contributed by atoms with Crippen molar-refractivity contribution in [3.8, 4) is 0 Å². The van der Waals surface area contributed by atoms with Gasteiger partial charge >= 0.3 is 0 Å². The highest BCUT2D eigenvalue weighted by Crippen LogP contribution is 2.48. The van der Waals surface area contributed by atoms with E-state index in [1.54, 1.807) is 15.6 Å². The smallest absolute Gasteiger partial charge is 0.160 e. The summed E-state index contributed by atoms with van der Waals surface area (Å²) in [5.74, 6) is 0. The van der Waals surface area contributed by atoms with Gasteiger partial charge in [-0.2, -0.15) is 0 Å². The first-order chi connectivity index (χ1) is 20.0. The van der Waals surface area contributed by atoms with Gasteiger partial charge in [0.15, 0.2) is 8.07 Å². The minimum Gasteiger partial charge on any atom is -0.378 e. The van der Waals surface area contributed by atoms with Crippen LogP contribution in [-0.2, 0) is 0 Å². The third-order valence-corrected chi connectivity index (χ3v) is 16.7. The topological polar surface area (TPSA) is 9.72 Å². The van der Waals surface area contributed by atoms with E-state index >= 15 is 0 Å². The molecule has 0 aliphatic heterocycles. The summed E-state index contributed by atoms with van der Waals surface area (Å²) in [6, 6.07) is 14.8. The van der Waals surface area contributed by atoms with Crippen LogP contribution < -0.4 is 30.3 Å². The predicted octanol–water partition coefficient (Wildman–Crippen LogP) is 7.26. The van der Waals surface area contributed by atoms with Crippen molar-refractivity contribution < 1.29 is 0 Å². The summed E-state index contributed by atoms with van der Waals surface area (Å²) in [4.78, 5) is 6.86. The summed E-state index contributed by atoms with van der Waals surface area (Å²) >= 11 is 0. The number of benzene rings is 3. The van der Waals surface area contributed by atoms with Crippen LogP contribution in [0.2, 0.25) is 5.54 Å². The Labute approximate surface area is 263 Å². The third kappa shape index (κ3) is 5.16. The van der Waals surface area contributed by atoms with Gasteiger partial charge in [0, 0.05) is 64.9 Å². The van der Waals surface area contributed by atoms with Crippen LogP contribution in [0.1, 0.15) is 61.1 Å². The van der Waals surface area contributed by atoms with Crippen molar-refractivity contribution in [1.29, 1.82) is 0 Å². The lowest BCUT2D eigenvalue weighted by molar-refractivity contribution is 1.08. The van der Waals surface area contributed by atoms with Crippen LogP contribution in [0, 0.1) is 41.5 Å². The lowest BCUT2D eigenvalue weighted by Crippen LogP contribution is -2.72. The number of nitrogens with zero attached hydrogens (tertiary/aromatic N) is 3. The van der Waals surface area contributed by atoms with Crippen molar-refractivity contribution in [1.82, 2.24) is 0 Å². The van der Waals surface area contributed by atoms with Crippen molar-refractivity contribution in [2.45, 2.75) is 74.8 Å². The maximum absolute atomic E-state index is 2.86. The normalized spacial score (nSPS) is 14.2. The summed E-state index contributed by atoms with van der Waals surface area (Å²) in [5.41, 5.74) is 18.5. The molecule has 0 spiro atoms. The predicted molar refractivity (Wildman–Crippen MR) is 196 cm³/mol. The van der Waals surface area contributed by atoms with Gasteiger partial charge < -0.3 is 14.7 Å². The van der Waals surface area contributed by atoms with E-state index in [1.807, 2.05) is 0 Å². The van der Waals surface area contributed by atoms with Crippen LogP contribution in [0.3, 0.4) is 0 Å². The van der Waals surface area contributed by atoms with E-state index in [4.69, 9.17) is 0 Å². The molecule has 1 aliphatic carbocycles. The molecule has 3 aromatic carbocycles. The molecule has 0 fully saturated rings. The van der Waals surface area contributed by atoms with Crippen molar-refractivity contribution in [3.05, 3.63) is 92.1 Å². The van der Waals surface area contributed by atoms with Gasteiger partial charge in [-0.05, 0) is 166 Å². The van der Waals surface area contributed by atoms with Crippen LogP contribution in [0.4, 0.5) is 17.1 Å². The largest absolute Gasteiger partial charge is 0.378 e. The standard InChI is InChI=1S/C39H55N3Si/c1-23-17-33(40(11)12)20-36(26(23)4)43(39-31(9)29(7)30(8)32(39)10,37-21-34(41(13)14)18-24(2)27(37)5)38-22-35(42(15)16)19-25(3)28(38)6/h17-22,39H,1-16H3. The minimum absolute atomic E-state index is 0.314. The second kappa shape index (κ2) is 11.7. The van der Waals surface area contributed by atoms with E-state index in [-0.39, 0.29) is 0 Å². The number of aryl methyl sites for hydroxylation is 3. The van der Waals surface area contributed by atoms with Crippen molar-refractivity contribution in [2.24, 2.45) is 0 Å². The summed E-state index contributed by atoms with van der Waals surface area (Å²) in [5, 5.41) is 4.62. The van der Waals surface area contributed by atoms with E-state index in [9.17, 15) is 0 Å². The van der Waals surface area contributed by atoms with E-state index < -0.39 is 8.07 Å². The second-order valence-electron chi connectivity index (χ2n) is 13.8. The first-order valence-electron chi connectivity index (χ1n) is 15.7. The molecule has 0 amide bonds. The summed E-state index contributed by atoms with van der Waals surface area (Å²) in [6.45, 7) is 23.6. The highest BCUT2D eigenvalue weighted by molar-refractivity contribution is 7.14. The molecule has 0 unspecified atom stereocenters. The Morgan fingerprint density at radius 2 is 0.674 bits per heavy atom. The molecular formula is C39H55N3Si. The van der Waals surface area contributed by atoms with Crippen LogP contribution in [0.5, 0.6) is 0 Å². The van der Waals surface area contributed by atoms with E-state index in [1.165, 1.54) is 72.7 Å². The zero-order valence-corrected chi connectivity index (χ0v) is 30.9. The molecule has 4 rings (SSSR count). The lowest BCUT2D eigenvalue weighted by Gasteiger charge is -2.45. The average molecular weight is 594 g/mol. The average Bonchev–Trinajstić information content (AvgIpc) is 3.12. The first kappa shape index (κ1) is 32.7. The Balaban J connectivity index is 2.45. The lowest BCUT2D eigenvalue weighted by atomic mass is 10.1. The summed E-state index contributed by atoms with van der Waals surface area (Å²) in [7, 11) is 10.2. The summed E-state index contributed by atoms with van der Waals surface area (Å²) < 4.78 is 0. The Morgan fingerprint density at radius 3 is 0.907 bits per heavy atom. The molecule has 0 saturated carbocycles. The number of hydrogen-bond donors (Lipinski definition) is 0. The minimum atomic E-state index is -2.86. The molecule has 0 N–H and O–H groups in total. The number of hydrogen-bond acceptors (Lipinski definition) is 3. The quantitative estimate of drug-likeness (QED) is 0.211. The molecule has 230 valence electrons. The molecule has 0 aromatic heterocycles. The molecule has 3 nitrogen and oxygen atoms in total. The zero-order chi connectivity index (χ0) is 32.3. The van der Waals surface area contributed by atoms with Crippen LogP contribution in [0.15, 0.2) is 58.7 Å². The van der Waals surface area contributed by atoms with Crippen molar-refractivity contribution in [2.75, 3.05) is 57.0 Å². The monoisotopic (exact) mass is 593 g/mol. The maximum Gasteiger partial charge on any atom is 0.160 e. The molecule has 43 heavy (non-hydrogen) atoms. The first-order valence-corrected chi connectivity index (χ1v) is 17.8. The molecule has 1 aliphatic rings. The number of anilines is 3. The van der Waals surface area contributed by atoms with Gasteiger partial charge in [0.2, 0.25) is 0 Å². The van der Waals surface area contributed by atoms with Gasteiger partial charge in [-0.1, -0.05) is 11.1 Å². The van der Waals surface area contributed by atoms with Crippen molar-refractivity contribution in [3.63, 3.8) is 0 Å². The molecule has 4 heteroatoms. The second-order valence-corrected chi connectivity index (χ2v) is 17.7. The highest BCUT2D eigenvalue weighted by Gasteiger charge is 2.53. The van der Waals surface area contributed by atoms with E-state index in [0.29, 0.717) is 5.54 Å². The van der Waals surface area contributed by atoms with Crippen molar-refractivity contribution >= 4 is 40.7 Å². The molecule has 3 aromatic rings. The van der Waals surface area contributed by atoms with Gasteiger partial charge in [0.25, 0.3) is 0 Å². The maximum atomic E-state index is 2.56. The zero-order valence-electron chi connectivity index (χ0n) is 29.9. The van der Waals surface area contributed by atoms with Gasteiger partial charge in [-0.25, -0.2) is 0 Å². The Morgan fingerprint density at radius 1 is 0.419 bits per heavy atom. The molecule has 0 atom stereocenters.